The molecule has 0 heterocycles. The second-order valence-corrected chi connectivity index (χ2v) is 6.07. The van der Waals surface area contributed by atoms with Crippen molar-refractivity contribution in [3.63, 3.8) is 0 Å². The van der Waals surface area contributed by atoms with E-state index in [2.05, 4.69) is 12.6 Å². The summed E-state index contributed by atoms with van der Waals surface area (Å²) in [5.41, 5.74) is 2.31. The van der Waals surface area contributed by atoms with Gasteiger partial charge in [-0.2, -0.15) is 0 Å². The Kier molecular flexibility index (Phi) is 4.32. The van der Waals surface area contributed by atoms with Gasteiger partial charge in [0, 0.05) is 11.1 Å². The summed E-state index contributed by atoms with van der Waals surface area (Å²) in [4.78, 5) is 0. The summed E-state index contributed by atoms with van der Waals surface area (Å²) in [7, 11) is 0. The maximum Gasteiger partial charge on any atom is 0.196 e. The van der Waals surface area contributed by atoms with Crippen LogP contribution in [0, 0.1) is 5.82 Å². The highest BCUT2D eigenvalue weighted by molar-refractivity contribution is 6.25. The first-order valence-corrected chi connectivity index (χ1v) is 7.83. The summed E-state index contributed by atoms with van der Waals surface area (Å²) >= 11 is 6.84. The summed E-state index contributed by atoms with van der Waals surface area (Å²) in [6.45, 7) is 3.91. The first kappa shape index (κ1) is 15.3. The van der Waals surface area contributed by atoms with E-state index in [-0.39, 0.29) is 12.4 Å². The van der Waals surface area contributed by atoms with E-state index in [4.69, 9.17) is 16.3 Å². The molecule has 0 bridgehead atoms. The fourth-order valence-corrected chi connectivity index (χ4v) is 3.12. The van der Waals surface area contributed by atoms with Gasteiger partial charge in [0.1, 0.15) is 5.82 Å². The van der Waals surface area contributed by atoms with E-state index < -0.39 is 5.06 Å². The molecule has 0 aromatic heterocycles. The van der Waals surface area contributed by atoms with E-state index in [0.29, 0.717) is 11.5 Å². The second kappa shape index (κ2) is 6.23. The van der Waals surface area contributed by atoms with Gasteiger partial charge in [0.2, 0.25) is 0 Å². The molecule has 1 unspecified atom stereocenters. The highest BCUT2D eigenvalue weighted by Crippen LogP contribution is 2.48. The molecule has 1 aliphatic rings. The lowest BCUT2D eigenvalue weighted by molar-refractivity contribution is 0.0642. The van der Waals surface area contributed by atoms with E-state index in [1.807, 2.05) is 18.2 Å². The molecule has 1 aliphatic carbocycles. The maximum absolute atomic E-state index is 14.4. The van der Waals surface area contributed by atoms with Crippen molar-refractivity contribution < 1.29 is 9.13 Å². The zero-order chi connectivity index (χ0) is 15.6. The van der Waals surface area contributed by atoms with Gasteiger partial charge < -0.3 is 4.74 Å². The molecule has 0 spiro atoms. The fraction of sp³-hybridized carbons (Fsp3) is 0.263. The molecular weight excluding hydrogens is 299 g/mol. The lowest BCUT2D eigenvalue weighted by Crippen LogP contribution is -2.27. The van der Waals surface area contributed by atoms with Crippen molar-refractivity contribution in [1.29, 1.82) is 0 Å². The normalized spacial score (nSPS) is 17.0. The molecular formula is C19H18ClFO. The van der Waals surface area contributed by atoms with Crippen LogP contribution in [-0.4, -0.2) is 6.61 Å². The van der Waals surface area contributed by atoms with E-state index in [0.717, 1.165) is 24.0 Å². The number of hydrogen-bond acceptors (Lipinski definition) is 1. The lowest BCUT2D eigenvalue weighted by Gasteiger charge is -2.30. The van der Waals surface area contributed by atoms with Crippen molar-refractivity contribution in [2.45, 2.75) is 23.8 Å². The minimum atomic E-state index is -1.33. The summed E-state index contributed by atoms with van der Waals surface area (Å²) in [5, 5.41) is -1.33. The molecule has 0 radical (unpaired) electrons. The minimum Gasteiger partial charge on any atom is -0.347 e. The average molecular weight is 317 g/mol. The third-order valence-corrected chi connectivity index (χ3v) is 4.46. The standard InChI is InChI=1S/C19H18ClFO/c1-2-13-22-19(20,17-9-5-6-10-18(17)21)16-8-4-3-7-15(16)14-11-12-14/h2-10,14H,1,11-13H2. The van der Waals surface area contributed by atoms with Crippen molar-refractivity contribution in [2.75, 3.05) is 6.61 Å². The minimum absolute atomic E-state index is 0.247. The van der Waals surface area contributed by atoms with Crippen LogP contribution in [0.1, 0.15) is 35.4 Å². The predicted molar refractivity (Wildman–Crippen MR) is 87.6 cm³/mol. The van der Waals surface area contributed by atoms with Crippen molar-refractivity contribution in [2.24, 2.45) is 0 Å². The summed E-state index contributed by atoms with van der Waals surface area (Å²) in [6.07, 6.45) is 3.91. The molecule has 3 heteroatoms. The van der Waals surface area contributed by atoms with Crippen molar-refractivity contribution in [3.05, 3.63) is 83.7 Å². The average Bonchev–Trinajstić information content (AvgIpc) is 3.38. The van der Waals surface area contributed by atoms with Crippen LogP contribution in [0.25, 0.3) is 0 Å². The molecule has 0 amide bonds. The van der Waals surface area contributed by atoms with Crippen LogP contribution in [0.5, 0.6) is 0 Å². The molecule has 22 heavy (non-hydrogen) atoms. The Morgan fingerprint density at radius 3 is 2.41 bits per heavy atom. The first-order valence-electron chi connectivity index (χ1n) is 7.45. The second-order valence-electron chi connectivity index (χ2n) is 5.54. The van der Waals surface area contributed by atoms with Gasteiger partial charge in [-0.3, -0.25) is 0 Å². The van der Waals surface area contributed by atoms with E-state index in [1.165, 1.54) is 6.07 Å². The number of ether oxygens (including phenoxy) is 1. The van der Waals surface area contributed by atoms with Crippen LogP contribution in [-0.2, 0) is 9.80 Å². The predicted octanol–water partition coefficient (Wildman–Crippen LogP) is 5.35. The molecule has 1 atom stereocenters. The lowest BCUT2D eigenvalue weighted by atomic mass is 9.93. The Morgan fingerprint density at radius 2 is 1.77 bits per heavy atom. The summed E-state index contributed by atoms with van der Waals surface area (Å²) < 4.78 is 20.2. The van der Waals surface area contributed by atoms with Crippen molar-refractivity contribution in [1.82, 2.24) is 0 Å². The van der Waals surface area contributed by atoms with Gasteiger partial charge in [-0.15, -0.1) is 6.58 Å². The third kappa shape index (κ3) is 2.81. The summed E-state index contributed by atoms with van der Waals surface area (Å²) in [6, 6.07) is 14.4. The van der Waals surface area contributed by atoms with Crippen molar-refractivity contribution >= 4 is 11.6 Å². The van der Waals surface area contributed by atoms with Gasteiger partial charge in [0.05, 0.1) is 6.61 Å². The third-order valence-electron chi connectivity index (χ3n) is 3.94. The first-order chi connectivity index (χ1) is 10.7. The van der Waals surface area contributed by atoms with Gasteiger partial charge in [0.25, 0.3) is 0 Å². The van der Waals surface area contributed by atoms with Gasteiger partial charge in [0.15, 0.2) is 5.06 Å². The van der Waals surface area contributed by atoms with E-state index in [1.54, 1.807) is 24.3 Å². The molecule has 2 aromatic carbocycles. The largest absolute Gasteiger partial charge is 0.347 e. The quantitative estimate of drug-likeness (QED) is 0.516. The number of hydrogen-bond donors (Lipinski definition) is 0. The van der Waals surface area contributed by atoms with Gasteiger partial charge in [-0.05, 0) is 30.4 Å². The van der Waals surface area contributed by atoms with Crippen LogP contribution in [0.4, 0.5) is 4.39 Å². The Morgan fingerprint density at radius 1 is 1.14 bits per heavy atom. The van der Waals surface area contributed by atoms with Gasteiger partial charge >= 0.3 is 0 Å². The highest BCUT2D eigenvalue weighted by atomic mass is 35.5. The van der Waals surface area contributed by atoms with Gasteiger partial charge in [-0.1, -0.05) is 60.1 Å². The van der Waals surface area contributed by atoms with Crippen LogP contribution >= 0.6 is 11.6 Å². The Bertz CT molecular complexity index is 681. The van der Waals surface area contributed by atoms with E-state index in [9.17, 15) is 4.39 Å². The maximum atomic E-state index is 14.4. The molecule has 1 fully saturated rings. The fourth-order valence-electron chi connectivity index (χ4n) is 2.74. The Labute approximate surface area is 135 Å². The Hall–Kier alpha value is -1.64. The van der Waals surface area contributed by atoms with Gasteiger partial charge in [-0.25, -0.2) is 4.39 Å². The molecule has 2 aromatic rings. The monoisotopic (exact) mass is 316 g/mol. The molecule has 0 N–H and O–H groups in total. The topological polar surface area (TPSA) is 9.23 Å². The SMILES string of the molecule is C=CCOC(Cl)(c1ccccc1F)c1ccccc1C1CC1. The highest BCUT2D eigenvalue weighted by Gasteiger charge is 2.39. The number of benzene rings is 2. The summed E-state index contributed by atoms with van der Waals surface area (Å²) in [5.74, 6) is 0.126. The molecule has 0 saturated heterocycles. The molecule has 0 aliphatic heterocycles. The molecule has 3 rings (SSSR count). The van der Waals surface area contributed by atoms with Crippen LogP contribution < -0.4 is 0 Å². The number of alkyl halides is 1. The van der Waals surface area contributed by atoms with Crippen LogP contribution in [0.15, 0.2) is 61.2 Å². The van der Waals surface area contributed by atoms with Crippen LogP contribution in [0.3, 0.4) is 0 Å². The molecule has 114 valence electrons. The van der Waals surface area contributed by atoms with Crippen LogP contribution in [0.2, 0.25) is 0 Å². The smallest absolute Gasteiger partial charge is 0.196 e. The van der Waals surface area contributed by atoms with E-state index >= 15 is 0 Å². The Balaban J connectivity index is 2.14. The molecule has 1 saturated carbocycles. The zero-order valence-corrected chi connectivity index (χ0v) is 13.0. The zero-order valence-electron chi connectivity index (χ0n) is 12.3. The molecule has 1 nitrogen and oxygen atoms in total. The van der Waals surface area contributed by atoms with Crippen molar-refractivity contribution in [3.8, 4) is 0 Å². The number of halogens is 2. The number of rotatable bonds is 6.